The number of aromatic nitrogens is 2. The molecule has 3 amide bonds. The van der Waals surface area contributed by atoms with Gasteiger partial charge in [-0.1, -0.05) is 30.3 Å². The van der Waals surface area contributed by atoms with Gasteiger partial charge in [-0.05, 0) is 36.8 Å². The molecule has 0 aliphatic rings. The number of anilines is 1. The molecule has 1 heterocycles. The molecule has 3 aromatic rings. The Morgan fingerprint density at radius 2 is 1.81 bits per heavy atom. The van der Waals surface area contributed by atoms with E-state index in [2.05, 4.69) is 26.1 Å². The second-order valence-corrected chi connectivity index (χ2v) is 6.53. The van der Waals surface area contributed by atoms with Gasteiger partial charge in [-0.15, -0.1) is 0 Å². The van der Waals surface area contributed by atoms with Crippen molar-refractivity contribution in [1.29, 1.82) is 0 Å². The van der Waals surface area contributed by atoms with E-state index in [1.807, 2.05) is 13.0 Å². The number of aromatic amines is 1. The first-order chi connectivity index (χ1) is 15.1. The number of rotatable bonds is 9. The molecule has 160 valence electrons. The number of hydrogen-bond donors (Lipinski definition) is 4. The number of benzene rings is 2. The topological polar surface area (TPSA) is 125 Å². The van der Waals surface area contributed by atoms with Gasteiger partial charge in [-0.2, -0.15) is 5.10 Å². The number of nitrogens with zero attached hydrogens (tertiary/aromatic N) is 1. The maximum absolute atomic E-state index is 12.7. The molecule has 0 aliphatic heterocycles. The van der Waals surface area contributed by atoms with E-state index in [0.29, 0.717) is 29.2 Å². The van der Waals surface area contributed by atoms with Crippen molar-refractivity contribution in [2.75, 3.05) is 18.5 Å². The summed E-state index contributed by atoms with van der Waals surface area (Å²) < 4.78 is 5.34. The van der Waals surface area contributed by atoms with E-state index >= 15 is 0 Å². The average molecular weight is 421 g/mol. The van der Waals surface area contributed by atoms with E-state index in [1.54, 1.807) is 48.5 Å². The van der Waals surface area contributed by atoms with E-state index in [0.717, 1.165) is 0 Å². The molecular weight excluding hydrogens is 398 g/mol. The van der Waals surface area contributed by atoms with E-state index in [-0.39, 0.29) is 6.54 Å². The Balaban J connectivity index is 1.60. The second-order valence-electron chi connectivity index (χ2n) is 6.53. The maximum atomic E-state index is 12.7. The van der Waals surface area contributed by atoms with Gasteiger partial charge in [0.1, 0.15) is 11.8 Å². The number of amides is 3. The minimum Gasteiger partial charge on any atom is -0.494 e. The summed E-state index contributed by atoms with van der Waals surface area (Å²) in [5, 5.41) is 14.3. The summed E-state index contributed by atoms with van der Waals surface area (Å²) in [6.45, 7) is 2.12. The highest BCUT2D eigenvalue weighted by atomic mass is 16.5. The van der Waals surface area contributed by atoms with Gasteiger partial charge >= 0.3 is 0 Å². The highest BCUT2D eigenvalue weighted by Crippen LogP contribution is 2.16. The summed E-state index contributed by atoms with van der Waals surface area (Å²) in [7, 11) is 0. The molecule has 1 atom stereocenters. The third kappa shape index (κ3) is 6.17. The molecule has 9 nitrogen and oxygen atoms in total. The highest BCUT2D eigenvalue weighted by Gasteiger charge is 2.23. The molecule has 3 rings (SSSR count). The number of carbonyl (C=O) groups excluding carboxylic acids is 3. The Morgan fingerprint density at radius 3 is 2.45 bits per heavy atom. The van der Waals surface area contributed by atoms with Crippen LogP contribution < -0.4 is 20.7 Å². The van der Waals surface area contributed by atoms with Gasteiger partial charge in [0.15, 0.2) is 0 Å². The van der Waals surface area contributed by atoms with Crippen LogP contribution in [0.4, 0.5) is 5.69 Å². The summed E-state index contributed by atoms with van der Waals surface area (Å²) in [5.41, 5.74) is 1.48. The van der Waals surface area contributed by atoms with Crippen molar-refractivity contribution >= 4 is 23.4 Å². The first-order valence-corrected chi connectivity index (χ1v) is 9.72. The third-order valence-electron chi connectivity index (χ3n) is 4.30. The predicted octanol–water partition coefficient (Wildman–Crippen LogP) is 2.03. The van der Waals surface area contributed by atoms with Crippen molar-refractivity contribution < 1.29 is 19.1 Å². The van der Waals surface area contributed by atoms with Crippen molar-refractivity contribution in [2.45, 2.75) is 13.0 Å². The highest BCUT2D eigenvalue weighted by molar-refractivity contribution is 5.99. The Labute approximate surface area is 179 Å². The van der Waals surface area contributed by atoms with Crippen molar-refractivity contribution in [3.8, 4) is 5.75 Å². The number of H-pyrrole nitrogens is 1. The summed E-state index contributed by atoms with van der Waals surface area (Å²) in [6, 6.07) is 14.5. The first kappa shape index (κ1) is 21.6. The van der Waals surface area contributed by atoms with Gasteiger partial charge in [0.2, 0.25) is 5.91 Å². The van der Waals surface area contributed by atoms with Crippen molar-refractivity contribution in [1.82, 2.24) is 20.8 Å². The molecule has 0 spiro atoms. The Morgan fingerprint density at radius 1 is 1.06 bits per heavy atom. The summed E-state index contributed by atoms with van der Waals surface area (Å²) >= 11 is 0. The second kappa shape index (κ2) is 10.6. The predicted molar refractivity (Wildman–Crippen MR) is 114 cm³/mol. The van der Waals surface area contributed by atoms with Crippen LogP contribution in [0, 0.1) is 0 Å². The van der Waals surface area contributed by atoms with Crippen LogP contribution in [0.3, 0.4) is 0 Å². The van der Waals surface area contributed by atoms with Crippen molar-refractivity contribution in [2.24, 2.45) is 0 Å². The van der Waals surface area contributed by atoms with Gasteiger partial charge < -0.3 is 20.7 Å². The lowest BCUT2D eigenvalue weighted by atomic mass is 10.1. The van der Waals surface area contributed by atoms with E-state index in [9.17, 15) is 14.4 Å². The number of ether oxygens (including phenoxy) is 1. The van der Waals surface area contributed by atoms with Crippen LogP contribution in [0.1, 0.15) is 28.9 Å². The lowest BCUT2D eigenvalue weighted by Crippen LogP contribution is -2.42. The largest absolute Gasteiger partial charge is 0.494 e. The summed E-state index contributed by atoms with van der Waals surface area (Å²) in [4.78, 5) is 37.5. The third-order valence-corrected chi connectivity index (χ3v) is 4.30. The molecule has 0 saturated carbocycles. The molecule has 0 aliphatic carbocycles. The van der Waals surface area contributed by atoms with Crippen LogP contribution in [-0.2, 0) is 9.59 Å². The number of hydrogen-bond acceptors (Lipinski definition) is 5. The zero-order valence-corrected chi connectivity index (χ0v) is 16.9. The van der Waals surface area contributed by atoms with Crippen LogP contribution >= 0.6 is 0 Å². The van der Waals surface area contributed by atoms with Crippen LogP contribution in [-0.4, -0.2) is 41.1 Å². The molecule has 0 fully saturated rings. The minimum absolute atomic E-state index is 0.283. The van der Waals surface area contributed by atoms with Crippen LogP contribution in [0.25, 0.3) is 0 Å². The molecule has 4 N–H and O–H groups in total. The molecule has 1 unspecified atom stereocenters. The standard InChI is InChI=1S/C22H23N5O4/c1-2-31-18-10-8-16(9-11-18)21(29)23-14-19(28)27-20(15-6-4-3-5-7-15)22(30)26-17-12-24-25-13-17/h3-13,20H,2,14H2,1H3,(H,23,29)(H,24,25)(H,26,30)(H,27,28). The van der Waals surface area contributed by atoms with Crippen molar-refractivity contribution in [3.63, 3.8) is 0 Å². The average Bonchev–Trinajstić information content (AvgIpc) is 3.30. The maximum Gasteiger partial charge on any atom is 0.251 e. The Bertz CT molecular complexity index is 1000. The van der Waals surface area contributed by atoms with Gasteiger partial charge in [-0.3, -0.25) is 19.5 Å². The van der Waals surface area contributed by atoms with Gasteiger partial charge in [0.25, 0.3) is 11.8 Å². The summed E-state index contributed by atoms with van der Waals surface area (Å²) in [5.74, 6) is -0.683. The first-order valence-electron chi connectivity index (χ1n) is 9.72. The number of carbonyl (C=O) groups is 3. The van der Waals surface area contributed by atoms with Crippen LogP contribution in [0.2, 0.25) is 0 Å². The fourth-order valence-electron chi connectivity index (χ4n) is 2.82. The van der Waals surface area contributed by atoms with Crippen molar-refractivity contribution in [3.05, 3.63) is 78.1 Å². The minimum atomic E-state index is -0.939. The molecule has 0 radical (unpaired) electrons. The molecule has 9 heteroatoms. The Kier molecular flexibility index (Phi) is 7.36. The zero-order valence-electron chi connectivity index (χ0n) is 16.9. The van der Waals surface area contributed by atoms with E-state index in [4.69, 9.17) is 4.74 Å². The number of nitrogens with one attached hydrogen (secondary N) is 4. The van der Waals surface area contributed by atoms with Crippen LogP contribution in [0.5, 0.6) is 5.75 Å². The lowest BCUT2D eigenvalue weighted by Gasteiger charge is -2.18. The normalized spacial score (nSPS) is 11.3. The zero-order chi connectivity index (χ0) is 22.1. The fraction of sp³-hybridized carbons (Fsp3) is 0.182. The molecule has 0 saturated heterocycles. The van der Waals surface area contributed by atoms with E-state index in [1.165, 1.54) is 12.4 Å². The van der Waals surface area contributed by atoms with Gasteiger partial charge in [0.05, 0.1) is 25.0 Å². The van der Waals surface area contributed by atoms with Crippen LogP contribution in [0.15, 0.2) is 67.0 Å². The SMILES string of the molecule is CCOc1ccc(C(=O)NCC(=O)NC(C(=O)Nc2cn[nH]c2)c2ccccc2)cc1. The quantitative estimate of drug-likeness (QED) is 0.421. The van der Waals surface area contributed by atoms with Gasteiger partial charge in [-0.25, -0.2) is 0 Å². The molecule has 2 aromatic carbocycles. The van der Waals surface area contributed by atoms with Gasteiger partial charge in [0, 0.05) is 11.8 Å². The lowest BCUT2D eigenvalue weighted by molar-refractivity contribution is -0.126. The monoisotopic (exact) mass is 421 g/mol. The molecule has 0 bridgehead atoms. The fourth-order valence-corrected chi connectivity index (χ4v) is 2.82. The molecular formula is C22H23N5O4. The molecule has 1 aromatic heterocycles. The Hall–Kier alpha value is -4.14. The smallest absolute Gasteiger partial charge is 0.251 e. The van der Waals surface area contributed by atoms with E-state index < -0.39 is 23.8 Å². The summed E-state index contributed by atoms with van der Waals surface area (Å²) in [6.07, 6.45) is 2.98. The molecule has 31 heavy (non-hydrogen) atoms.